The van der Waals surface area contributed by atoms with Crippen LogP contribution in [0, 0.1) is 0 Å². The molecule has 2 fully saturated rings. The molecular formula is C20H30N4O3. The van der Waals surface area contributed by atoms with Crippen LogP contribution in [-0.2, 0) is 16.1 Å². The van der Waals surface area contributed by atoms with Crippen molar-refractivity contribution in [3.05, 3.63) is 30.1 Å². The molecule has 1 aromatic rings. The van der Waals surface area contributed by atoms with Crippen molar-refractivity contribution in [3.8, 4) is 0 Å². The Morgan fingerprint density at radius 1 is 1.15 bits per heavy atom. The highest BCUT2D eigenvalue weighted by Gasteiger charge is 2.39. The summed E-state index contributed by atoms with van der Waals surface area (Å²) in [5.74, 6) is 0.0517. The number of hydrogen-bond acceptors (Lipinski definition) is 5. The Hall–Kier alpha value is -2.15. The Balaban J connectivity index is 1.53. The van der Waals surface area contributed by atoms with Crippen LogP contribution in [0.4, 0.5) is 4.79 Å². The lowest BCUT2D eigenvalue weighted by Crippen LogP contribution is -2.54. The number of nitrogens with zero attached hydrogens (tertiary/aromatic N) is 4. The first-order chi connectivity index (χ1) is 12.8. The molecular weight excluding hydrogens is 344 g/mol. The molecule has 0 N–H and O–H groups in total. The zero-order chi connectivity index (χ0) is 19.4. The largest absolute Gasteiger partial charge is 0.444 e. The molecule has 0 saturated carbocycles. The third-order valence-corrected chi connectivity index (χ3v) is 4.96. The minimum Gasteiger partial charge on any atom is -0.444 e. The van der Waals surface area contributed by atoms with Crippen LogP contribution in [0.5, 0.6) is 0 Å². The van der Waals surface area contributed by atoms with Gasteiger partial charge in [-0.2, -0.15) is 0 Å². The fourth-order valence-corrected chi connectivity index (χ4v) is 3.62. The van der Waals surface area contributed by atoms with Gasteiger partial charge in [-0.3, -0.25) is 19.6 Å². The number of carbonyl (C=O) groups is 2. The highest BCUT2D eigenvalue weighted by molar-refractivity contribution is 5.86. The van der Waals surface area contributed by atoms with Crippen molar-refractivity contribution >= 4 is 12.0 Å². The van der Waals surface area contributed by atoms with E-state index in [1.54, 1.807) is 11.1 Å². The van der Waals surface area contributed by atoms with Gasteiger partial charge in [-0.25, -0.2) is 4.79 Å². The number of hydrogen-bond donors (Lipinski definition) is 0. The quantitative estimate of drug-likeness (QED) is 0.811. The van der Waals surface area contributed by atoms with Crippen LogP contribution in [0.1, 0.15) is 39.3 Å². The van der Waals surface area contributed by atoms with E-state index in [2.05, 4.69) is 9.88 Å². The molecule has 2 amide bonds. The molecule has 0 radical (unpaired) electrons. The SMILES string of the molecule is CC(C)(C)OC(=O)N1CCCC1C(=O)N1CCN(Cc2ccccn2)CC1. The molecule has 3 heterocycles. The summed E-state index contributed by atoms with van der Waals surface area (Å²) < 4.78 is 5.47. The second-order valence-corrected chi connectivity index (χ2v) is 8.25. The topological polar surface area (TPSA) is 66.0 Å². The fourth-order valence-electron chi connectivity index (χ4n) is 3.62. The standard InChI is InChI=1S/C20H30N4O3/c1-20(2,3)27-19(26)24-10-6-8-17(24)18(25)23-13-11-22(12-14-23)15-16-7-4-5-9-21-16/h4-5,7,9,17H,6,8,10-15H2,1-3H3. The van der Waals surface area contributed by atoms with E-state index in [-0.39, 0.29) is 18.0 Å². The Bertz CT molecular complexity index is 651. The number of carbonyl (C=O) groups excluding carboxylic acids is 2. The van der Waals surface area contributed by atoms with Crippen LogP contribution in [-0.4, -0.2) is 76.1 Å². The first-order valence-corrected chi connectivity index (χ1v) is 9.74. The Morgan fingerprint density at radius 2 is 1.89 bits per heavy atom. The Morgan fingerprint density at radius 3 is 2.52 bits per heavy atom. The zero-order valence-corrected chi connectivity index (χ0v) is 16.6. The summed E-state index contributed by atoms with van der Waals surface area (Å²) >= 11 is 0. The van der Waals surface area contributed by atoms with Gasteiger partial charge in [0, 0.05) is 45.5 Å². The number of likely N-dealkylation sites (tertiary alicyclic amines) is 1. The van der Waals surface area contributed by atoms with Gasteiger partial charge in [-0.05, 0) is 45.7 Å². The normalized spacial score (nSPS) is 21.4. The van der Waals surface area contributed by atoms with E-state index in [9.17, 15) is 9.59 Å². The number of piperazine rings is 1. The van der Waals surface area contributed by atoms with E-state index in [1.807, 2.05) is 43.9 Å². The summed E-state index contributed by atoms with van der Waals surface area (Å²) in [6.07, 6.45) is 2.98. The smallest absolute Gasteiger partial charge is 0.410 e. The molecule has 2 aliphatic rings. The van der Waals surface area contributed by atoms with Gasteiger partial charge >= 0.3 is 6.09 Å². The Labute approximate surface area is 161 Å². The summed E-state index contributed by atoms with van der Waals surface area (Å²) in [6.45, 7) is 9.94. The molecule has 0 aliphatic carbocycles. The van der Waals surface area contributed by atoms with E-state index in [4.69, 9.17) is 4.74 Å². The number of rotatable bonds is 3. The van der Waals surface area contributed by atoms with Crippen LogP contribution < -0.4 is 0 Å². The van der Waals surface area contributed by atoms with Gasteiger partial charge in [0.25, 0.3) is 0 Å². The van der Waals surface area contributed by atoms with Gasteiger partial charge in [0.2, 0.25) is 5.91 Å². The van der Waals surface area contributed by atoms with E-state index < -0.39 is 5.60 Å². The van der Waals surface area contributed by atoms with Crippen molar-refractivity contribution in [1.82, 2.24) is 19.7 Å². The molecule has 0 aromatic carbocycles. The summed E-state index contributed by atoms with van der Waals surface area (Å²) in [5, 5.41) is 0. The molecule has 3 rings (SSSR count). The van der Waals surface area contributed by atoms with Crippen LogP contribution in [0.3, 0.4) is 0 Å². The second-order valence-electron chi connectivity index (χ2n) is 8.25. The first-order valence-electron chi connectivity index (χ1n) is 9.74. The molecule has 2 aliphatic heterocycles. The molecule has 1 atom stereocenters. The lowest BCUT2D eigenvalue weighted by Gasteiger charge is -2.37. The van der Waals surface area contributed by atoms with Crippen molar-refractivity contribution in [1.29, 1.82) is 0 Å². The van der Waals surface area contributed by atoms with Crippen LogP contribution in [0.25, 0.3) is 0 Å². The van der Waals surface area contributed by atoms with Gasteiger partial charge in [0.15, 0.2) is 0 Å². The van der Waals surface area contributed by atoms with Gasteiger partial charge in [0.1, 0.15) is 11.6 Å². The highest BCUT2D eigenvalue weighted by atomic mass is 16.6. The lowest BCUT2D eigenvalue weighted by molar-refractivity contribution is -0.137. The van der Waals surface area contributed by atoms with Crippen molar-refractivity contribution in [3.63, 3.8) is 0 Å². The molecule has 27 heavy (non-hydrogen) atoms. The van der Waals surface area contributed by atoms with E-state index >= 15 is 0 Å². The van der Waals surface area contributed by atoms with Gasteiger partial charge in [0.05, 0.1) is 5.69 Å². The summed E-state index contributed by atoms with van der Waals surface area (Å²) in [5.41, 5.74) is 0.494. The first kappa shape index (κ1) is 19.6. The van der Waals surface area contributed by atoms with Gasteiger partial charge < -0.3 is 9.64 Å². The third kappa shape index (κ3) is 5.19. The van der Waals surface area contributed by atoms with Gasteiger partial charge in [-0.15, -0.1) is 0 Å². The Kier molecular flexibility index (Phi) is 5.99. The monoisotopic (exact) mass is 374 g/mol. The maximum absolute atomic E-state index is 13.0. The summed E-state index contributed by atoms with van der Waals surface area (Å²) in [6, 6.07) is 5.54. The minimum absolute atomic E-state index is 0.0517. The number of ether oxygens (including phenoxy) is 1. The van der Waals surface area contributed by atoms with Crippen LogP contribution in [0.2, 0.25) is 0 Å². The zero-order valence-electron chi connectivity index (χ0n) is 16.6. The molecule has 7 nitrogen and oxygen atoms in total. The predicted octanol–water partition coefficient (Wildman–Crippen LogP) is 2.13. The molecule has 0 bridgehead atoms. The van der Waals surface area contributed by atoms with Crippen molar-refractivity contribution in [2.45, 2.75) is 51.8 Å². The fraction of sp³-hybridized carbons (Fsp3) is 0.650. The average molecular weight is 374 g/mol. The molecule has 1 unspecified atom stereocenters. The van der Waals surface area contributed by atoms with Crippen molar-refractivity contribution in [2.24, 2.45) is 0 Å². The number of pyridine rings is 1. The average Bonchev–Trinajstić information content (AvgIpc) is 3.11. The second kappa shape index (κ2) is 8.25. The highest BCUT2D eigenvalue weighted by Crippen LogP contribution is 2.23. The molecule has 1 aromatic heterocycles. The predicted molar refractivity (Wildman–Crippen MR) is 102 cm³/mol. The van der Waals surface area contributed by atoms with Crippen molar-refractivity contribution in [2.75, 3.05) is 32.7 Å². The summed E-state index contributed by atoms with van der Waals surface area (Å²) in [4.78, 5) is 35.6. The van der Waals surface area contributed by atoms with E-state index in [0.717, 1.165) is 31.7 Å². The summed E-state index contributed by atoms with van der Waals surface area (Å²) in [7, 11) is 0. The molecule has 0 spiro atoms. The maximum Gasteiger partial charge on any atom is 0.410 e. The van der Waals surface area contributed by atoms with Crippen LogP contribution in [0.15, 0.2) is 24.4 Å². The minimum atomic E-state index is -0.551. The lowest BCUT2D eigenvalue weighted by atomic mass is 10.1. The van der Waals surface area contributed by atoms with Crippen LogP contribution >= 0.6 is 0 Å². The molecule has 2 saturated heterocycles. The van der Waals surface area contributed by atoms with E-state index in [1.165, 1.54) is 0 Å². The maximum atomic E-state index is 13.0. The number of aromatic nitrogens is 1. The molecule has 7 heteroatoms. The van der Waals surface area contributed by atoms with E-state index in [0.29, 0.717) is 26.1 Å². The van der Waals surface area contributed by atoms with Gasteiger partial charge in [-0.1, -0.05) is 6.07 Å². The number of amides is 2. The van der Waals surface area contributed by atoms with Crippen molar-refractivity contribution < 1.29 is 14.3 Å². The third-order valence-electron chi connectivity index (χ3n) is 4.96. The molecule has 148 valence electrons.